The zero-order valence-corrected chi connectivity index (χ0v) is 16.2. The van der Waals surface area contributed by atoms with Crippen LogP contribution in [0.5, 0.6) is 0 Å². The number of thiophene rings is 1. The van der Waals surface area contributed by atoms with Gasteiger partial charge in [0.1, 0.15) is 12.1 Å². The molecule has 2 aliphatic rings. The lowest BCUT2D eigenvalue weighted by molar-refractivity contribution is -0.128. The number of aromatic nitrogens is 1. The van der Waals surface area contributed by atoms with Gasteiger partial charge in [0.2, 0.25) is 0 Å². The Bertz CT molecular complexity index is 1070. The molecule has 3 aromatic rings. The number of hydrogen-bond acceptors (Lipinski definition) is 3. The number of carbonyl (C=O) groups is 2. The van der Waals surface area contributed by atoms with E-state index in [9.17, 15) is 9.59 Å². The standard InChI is InChI=1S/C21H21N3O2S/c1-3-12-9-10-17(27-12)19-18-14(13-7-5-6-8-15(13)22-18)11-16-20(25)23(4-2)21(26)24(16)19/h5-10,16,19,22H,3-4,11H2,1-2H3/t16-,19+/m0/s1. The Morgan fingerprint density at radius 1 is 1.15 bits per heavy atom. The Hall–Kier alpha value is -2.60. The van der Waals surface area contributed by atoms with Crippen molar-refractivity contribution < 1.29 is 9.59 Å². The first-order chi connectivity index (χ1) is 13.1. The first-order valence-electron chi connectivity index (χ1n) is 9.45. The number of amides is 3. The molecular weight excluding hydrogens is 358 g/mol. The van der Waals surface area contributed by atoms with E-state index in [1.54, 1.807) is 16.2 Å². The lowest BCUT2D eigenvalue weighted by Gasteiger charge is -2.35. The Labute approximate surface area is 161 Å². The molecule has 6 heteroatoms. The van der Waals surface area contributed by atoms with Crippen molar-refractivity contribution in [1.29, 1.82) is 0 Å². The second-order valence-electron chi connectivity index (χ2n) is 7.12. The minimum atomic E-state index is -0.415. The van der Waals surface area contributed by atoms with Crippen molar-refractivity contribution in [2.45, 2.75) is 38.8 Å². The van der Waals surface area contributed by atoms with Gasteiger partial charge in [-0.05, 0) is 37.1 Å². The fraction of sp³-hybridized carbons (Fsp3) is 0.333. The smallest absolute Gasteiger partial charge is 0.328 e. The zero-order chi connectivity index (χ0) is 18.7. The third-order valence-electron chi connectivity index (χ3n) is 5.75. The number of nitrogens with one attached hydrogen (secondary N) is 1. The van der Waals surface area contributed by atoms with Gasteiger partial charge in [0.25, 0.3) is 5.91 Å². The highest BCUT2D eigenvalue weighted by Crippen LogP contribution is 2.45. The molecule has 2 aromatic heterocycles. The van der Waals surface area contributed by atoms with Crippen molar-refractivity contribution in [2.75, 3.05) is 6.54 Å². The van der Waals surface area contributed by atoms with E-state index in [2.05, 4.69) is 36.2 Å². The van der Waals surface area contributed by atoms with Crippen LogP contribution >= 0.6 is 11.3 Å². The van der Waals surface area contributed by atoms with E-state index in [1.165, 1.54) is 15.3 Å². The number of H-pyrrole nitrogens is 1. The normalized spacial score (nSPS) is 21.9. The van der Waals surface area contributed by atoms with Gasteiger partial charge < -0.3 is 4.98 Å². The van der Waals surface area contributed by atoms with Crippen LogP contribution in [-0.2, 0) is 17.6 Å². The van der Waals surface area contributed by atoms with Crippen LogP contribution in [0, 0.1) is 0 Å². The van der Waals surface area contributed by atoms with Crippen molar-refractivity contribution in [1.82, 2.24) is 14.8 Å². The minimum absolute atomic E-state index is 0.0734. The number of benzene rings is 1. The number of aryl methyl sites for hydroxylation is 1. The number of aromatic amines is 1. The molecule has 0 saturated carbocycles. The van der Waals surface area contributed by atoms with E-state index in [0.29, 0.717) is 13.0 Å². The average Bonchev–Trinajstić information content (AvgIpc) is 3.36. The Kier molecular flexibility index (Phi) is 3.65. The average molecular weight is 379 g/mol. The predicted molar refractivity (Wildman–Crippen MR) is 106 cm³/mol. The van der Waals surface area contributed by atoms with Gasteiger partial charge >= 0.3 is 6.03 Å². The predicted octanol–water partition coefficient (Wildman–Crippen LogP) is 4.09. The molecule has 1 saturated heterocycles. The van der Waals surface area contributed by atoms with Crippen LogP contribution < -0.4 is 0 Å². The molecule has 0 unspecified atom stereocenters. The molecule has 2 aliphatic heterocycles. The maximum absolute atomic E-state index is 13.1. The molecule has 1 N–H and O–H groups in total. The number of likely N-dealkylation sites (N-methyl/N-ethyl adjacent to an activating group) is 1. The highest BCUT2D eigenvalue weighted by atomic mass is 32.1. The van der Waals surface area contributed by atoms with E-state index in [4.69, 9.17) is 0 Å². The molecular formula is C21H21N3O2S. The van der Waals surface area contributed by atoms with Gasteiger partial charge in [-0.2, -0.15) is 0 Å². The number of carbonyl (C=O) groups excluding carboxylic acids is 2. The summed E-state index contributed by atoms with van der Waals surface area (Å²) in [6.07, 6.45) is 1.54. The summed E-state index contributed by atoms with van der Waals surface area (Å²) in [6, 6.07) is 11.6. The van der Waals surface area contributed by atoms with E-state index >= 15 is 0 Å². The first-order valence-corrected chi connectivity index (χ1v) is 10.3. The molecule has 138 valence electrons. The van der Waals surface area contributed by atoms with Crippen molar-refractivity contribution >= 4 is 34.2 Å². The maximum atomic E-state index is 13.1. The summed E-state index contributed by atoms with van der Waals surface area (Å²) < 4.78 is 0. The number of urea groups is 1. The lowest BCUT2D eigenvalue weighted by Crippen LogP contribution is -2.43. The third kappa shape index (κ3) is 2.22. The van der Waals surface area contributed by atoms with E-state index < -0.39 is 6.04 Å². The fourth-order valence-electron chi connectivity index (χ4n) is 4.45. The summed E-state index contributed by atoms with van der Waals surface area (Å²) in [5, 5.41) is 1.15. The summed E-state index contributed by atoms with van der Waals surface area (Å²) >= 11 is 1.73. The fourth-order valence-corrected chi connectivity index (χ4v) is 5.51. The summed E-state index contributed by atoms with van der Waals surface area (Å²) in [6.45, 7) is 4.41. The van der Waals surface area contributed by atoms with Gasteiger partial charge in [0.05, 0.1) is 0 Å². The second-order valence-corrected chi connectivity index (χ2v) is 8.32. The molecule has 27 heavy (non-hydrogen) atoms. The molecule has 5 nitrogen and oxygen atoms in total. The van der Waals surface area contributed by atoms with E-state index in [-0.39, 0.29) is 18.0 Å². The van der Waals surface area contributed by atoms with Gasteiger partial charge in [-0.25, -0.2) is 4.79 Å². The highest BCUT2D eigenvalue weighted by Gasteiger charge is 2.52. The van der Waals surface area contributed by atoms with Crippen LogP contribution in [-0.4, -0.2) is 39.3 Å². The first kappa shape index (κ1) is 16.6. The van der Waals surface area contributed by atoms with Crippen molar-refractivity contribution in [2.24, 2.45) is 0 Å². The van der Waals surface area contributed by atoms with E-state index in [1.807, 2.05) is 19.1 Å². The zero-order valence-electron chi connectivity index (χ0n) is 15.4. The van der Waals surface area contributed by atoms with Crippen molar-refractivity contribution in [3.05, 3.63) is 57.4 Å². The molecule has 0 aliphatic carbocycles. The number of nitrogens with zero attached hydrogens (tertiary/aromatic N) is 2. The minimum Gasteiger partial charge on any atom is -0.356 e. The number of para-hydroxylation sites is 1. The lowest BCUT2D eigenvalue weighted by atomic mass is 9.91. The topological polar surface area (TPSA) is 56.4 Å². The van der Waals surface area contributed by atoms with Gasteiger partial charge in [-0.1, -0.05) is 25.1 Å². The van der Waals surface area contributed by atoms with Crippen LogP contribution in [0.15, 0.2) is 36.4 Å². The summed E-state index contributed by atoms with van der Waals surface area (Å²) in [4.78, 5) is 35.2. The number of rotatable bonds is 3. The van der Waals surface area contributed by atoms with Gasteiger partial charge in [-0.3, -0.25) is 14.6 Å². The molecule has 0 radical (unpaired) electrons. The van der Waals surface area contributed by atoms with Gasteiger partial charge in [0, 0.05) is 39.3 Å². The van der Waals surface area contributed by atoms with E-state index in [0.717, 1.165) is 27.9 Å². The summed E-state index contributed by atoms with van der Waals surface area (Å²) in [5.74, 6) is -0.0734. The second kappa shape index (κ2) is 5.96. The molecule has 0 bridgehead atoms. The molecule has 4 heterocycles. The molecule has 3 amide bonds. The van der Waals surface area contributed by atoms with Crippen molar-refractivity contribution in [3.8, 4) is 0 Å². The Balaban J connectivity index is 1.74. The van der Waals surface area contributed by atoms with Gasteiger partial charge in [-0.15, -0.1) is 11.3 Å². The quantitative estimate of drug-likeness (QED) is 0.697. The monoisotopic (exact) mass is 379 g/mol. The van der Waals surface area contributed by atoms with Crippen LogP contribution in [0.3, 0.4) is 0 Å². The number of fused-ring (bicyclic) bond motifs is 4. The van der Waals surface area contributed by atoms with Crippen LogP contribution in [0.25, 0.3) is 10.9 Å². The molecule has 1 fully saturated rings. The maximum Gasteiger partial charge on any atom is 0.328 e. The van der Waals surface area contributed by atoms with Gasteiger partial charge in [0.15, 0.2) is 0 Å². The van der Waals surface area contributed by atoms with Crippen molar-refractivity contribution in [3.63, 3.8) is 0 Å². The summed E-state index contributed by atoms with van der Waals surface area (Å²) in [7, 11) is 0. The molecule has 2 atom stereocenters. The number of hydrogen-bond donors (Lipinski definition) is 1. The number of imide groups is 1. The van der Waals surface area contributed by atoms with Crippen LogP contribution in [0.2, 0.25) is 0 Å². The summed E-state index contributed by atoms with van der Waals surface area (Å²) in [5.41, 5.74) is 3.28. The molecule has 1 aromatic carbocycles. The highest BCUT2D eigenvalue weighted by molar-refractivity contribution is 7.12. The Morgan fingerprint density at radius 3 is 2.70 bits per heavy atom. The SMILES string of the molecule is CCc1ccc([C@@H]2c3[nH]c4ccccc4c3C[C@H]3C(=O)N(CC)C(=O)N23)s1. The third-order valence-corrected chi connectivity index (χ3v) is 7.03. The molecule has 0 spiro atoms. The van der Waals surface area contributed by atoms with Crippen LogP contribution in [0.1, 0.15) is 40.9 Å². The Morgan fingerprint density at radius 2 is 1.96 bits per heavy atom. The largest absolute Gasteiger partial charge is 0.356 e. The molecule has 5 rings (SSSR count). The van der Waals surface area contributed by atoms with Crippen LogP contribution in [0.4, 0.5) is 4.79 Å².